The summed E-state index contributed by atoms with van der Waals surface area (Å²) >= 11 is 0. The van der Waals surface area contributed by atoms with Gasteiger partial charge in [-0.1, -0.05) is 30.3 Å². The van der Waals surface area contributed by atoms with E-state index in [4.69, 9.17) is 5.73 Å². The summed E-state index contributed by atoms with van der Waals surface area (Å²) in [4.78, 5) is 0. The Morgan fingerprint density at radius 3 is 2.54 bits per heavy atom. The molecule has 0 aromatic heterocycles. The third-order valence-corrected chi connectivity index (χ3v) is 1.99. The van der Waals surface area contributed by atoms with Gasteiger partial charge in [-0.2, -0.15) is 0 Å². The first-order valence-electron chi connectivity index (χ1n) is 4.88. The second-order valence-electron chi connectivity index (χ2n) is 3.13. The molecule has 13 heavy (non-hydrogen) atoms. The Morgan fingerprint density at radius 2 is 1.85 bits per heavy atom. The minimum Gasteiger partial charge on any atom is -0.330 e. The highest BCUT2D eigenvalue weighted by atomic mass is 14.8. The molecule has 1 rings (SSSR count). The van der Waals surface area contributed by atoms with Crippen molar-refractivity contribution in [2.45, 2.75) is 12.8 Å². The van der Waals surface area contributed by atoms with E-state index < -0.39 is 0 Å². The zero-order valence-corrected chi connectivity index (χ0v) is 8.00. The van der Waals surface area contributed by atoms with Crippen LogP contribution in [0.2, 0.25) is 0 Å². The van der Waals surface area contributed by atoms with Crippen LogP contribution in [0.3, 0.4) is 0 Å². The maximum atomic E-state index is 5.38. The van der Waals surface area contributed by atoms with Gasteiger partial charge in [0.05, 0.1) is 0 Å². The lowest BCUT2D eigenvalue weighted by Gasteiger charge is -2.03. The highest BCUT2D eigenvalue weighted by Gasteiger charge is 1.90. The summed E-state index contributed by atoms with van der Waals surface area (Å²) in [5.41, 5.74) is 6.77. The van der Waals surface area contributed by atoms with Crippen molar-refractivity contribution in [3.8, 4) is 0 Å². The Labute approximate surface area is 80.1 Å². The van der Waals surface area contributed by atoms with Crippen molar-refractivity contribution in [1.82, 2.24) is 5.32 Å². The van der Waals surface area contributed by atoms with Crippen LogP contribution in [0.25, 0.3) is 0 Å². The van der Waals surface area contributed by atoms with Crippen LogP contribution in [-0.2, 0) is 6.42 Å². The average molecular weight is 178 g/mol. The summed E-state index contributed by atoms with van der Waals surface area (Å²) in [6.07, 6.45) is 2.17. The van der Waals surface area contributed by atoms with Crippen molar-refractivity contribution >= 4 is 0 Å². The molecular formula is C11H18N2. The van der Waals surface area contributed by atoms with Crippen molar-refractivity contribution in [3.63, 3.8) is 0 Å². The molecule has 0 fully saturated rings. The molecule has 2 heteroatoms. The Bertz CT molecular complexity index is 209. The monoisotopic (exact) mass is 178 g/mol. The third-order valence-electron chi connectivity index (χ3n) is 1.99. The van der Waals surface area contributed by atoms with Gasteiger partial charge in [0.25, 0.3) is 0 Å². The number of rotatable bonds is 6. The van der Waals surface area contributed by atoms with Crippen LogP contribution in [-0.4, -0.2) is 19.6 Å². The molecule has 0 heterocycles. The van der Waals surface area contributed by atoms with E-state index in [-0.39, 0.29) is 0 Å². The van der Waals surface area contributed by atoms with Crippen molar-refractivity contribution in [3.05, 3.63) is 35.9 Å². The number of nitrogens with two attached hydrogens (primary N) is 1. The summed E-state index contributed by atoms with van der Waals surface area (Å²) in [6, 6.07) is 10.5. The molecule has 0 atom stereocenters. The van der Waals surface area contributed by atoms with Gasteiger partial charge in [0, 0.05) is 0 Å². The zero-order valence-electron chi connectivity index (χ0n) is 8.00. The fourth-order valence-corrected chi connectivity index (χ4v) is 1.23. The zero-order chi connectivity index (χ0) is 9.36. The van der Waals surface area contributed by atoms with Crippen LogP contribution in [0, 0.1) is 0 Å². The van der Waals surface area contributed by atoms with Gasteiger partial charge in [-0.05, 0) is 38.0 Å². The number of hydrogen-bond acceptors (Lipinski definition) is 2. The van der Waals surface area contributed by atoms with E-state index in [2.05, 4.69) is 29.6 Å². The molecule has 3 N–H and O–H groups in total. The average Bonchev–Trinajstić information content (AvgIpc) is 2.19. The van der Waals surface area contributed by atoms with Crippen molar-refractivity contribution < 1.29 is 0 Å². The van der Waals surface area contributed by atoms with E-state index in [1.54, 1.807) is 0 Å². The Balaban J connectivity index is 2.07. The van der Waals surface area contributed by atoms with E-state index in [1.165, 1.54) is 5.56 Å². The molecule has 0 aliphatic carbocycles. The Kier molecular flexibility index (Phi) is 5.22. The highest BCUT2D eigenvalue weighted by molar-refractivity contribution is 5.14. The van der Waals surface area contributed by atoms with Gasteiger partial charge in [0.2, 0.25) is 0 Å². The molecule has 0 radical (unpaired) electrons. The van der Waals surface area contributed by atoms with Gasteiger partial charge in [-0.25, -0.2) is 0 Å². The second kappa shape index (κ2) is 6.63. The Morgan fingerprint density at radius 1 is 1.08 bits per heavy atom. The van der Waals surface area contributed by atoms with Crippen molar-refractivity contribution in [2.24, 2.45) is 5.73 Å². The molecule has 0 amide bonds. The smallest absolute Gasteiger partial charge is 0.000834 e. The van der Waals surface area contributed by atoms with Crippen LogP contribution in [0.1, 0.15) is 12.0 Å². The summed E-state index contributed by atoms with van der Waals surface area (Å²) in [5, 5.41) is 3.35. The topological polar surface area (TPSA) is 38.0 Å². The molecule has 0 spiro atoms. The van der Waals surface area contributed by atoms with Crippen molar-refractivity contribution in [1.29, 1.82) is 0 Å². The lowest BCUT2D eigenvalue weighted by molar-refractivity contribution is 0.653. The normalized spacial score (nSPS) is 10.2. The van der Waals surface area contributed by atoms with Gasteiger partial charge >= 0.3 is 0 Å². The van der Waals surface area contributed by atoms with Crippen LogP contribution in [0.15, 0.2) is 30.3 Å². The van der Waals surface area contributed by atoms with Crippen LogP contribution < -0.4 is 11.1 Å². The molecule has 0 unspecified atom stereocenters. The first-order chi connectivity index (χ1) is 6.43. The van der Waals surface area contributed by atoms with Gasteiger partial charge in [0.1, 0.15) is 0 Å². The summed E-state index contributed by atoms with van der Waals surface area (Å²) in [7, 11) is 0. The fourth-order valence-electron chi connectivity index (χ4n) is 1.23. The number of hydrogen-bond donors (Lipinski definition) is 2. The van der Waals surface area contributed by atoms with E-state index >= 15 is 0 Å². The standard InChI is InChI=1S/C11H18N2/c12-8-4-9-13-10-7-11-5-2-1-3-6-11/h1-3,5-6,13H,4,7-10,12H2. The molecule has 2 nitrogen and oxygen atoms in total. The van der Waals surface area contributed by atoms with E-state index in [9.17, 15) is 0 Å². The van der Waals surface area contributed by atoms with Crippen LogP contribution in [0.5, 0.6) is 0 Å². The molecule has 0 aliphatic rings. The largest absolute Gasteiger partial charge is 0.330 e. The maximum Gasteiger partial charge on any atom is -0.000834 e. The van der Waals surface area contributed by atoms with Crippen molar-refractivity contribution in [2.75, 3.05) is 19.6 Å². The predicted molar refractivity (Wildman–Crippen MR) is 56.7 cm³/mol. The second-order valence-corrected chi connectivity index (χ2v) is 3.13. The molecular weight excluding hydrogens is 160 g/mol. The van der Waals surface area contributed by atoms with Gasteiger partial charge in [-0.15, -0.1) is 0 Å². The van der Waals surface area contributed by atoms with Gasteiger partial charge in [0.15, 0.2) is 0 Å². The minimum absolute atomic E-state index is 0.776. The first kappa shape index (κ1) is 10.2. The van der Waals surface area contributed by atoms with E-state index in [1.807, 2.05) is 6.07 Å². The maximum absolute atomic E-state index is 5.38. The SMILES string of the molecule is NCCCNCCc1ccccc1. The number of benzene rings is 1. The molecule has 72 valence electrons. The summed E-state index contributed by atoms with van der Waals surface area (Å²) < 4.78 is 0. The van der Waals surface area contributed by atoms with E-state index in [0.29, 0.717) is 0 Å². The summed E-state index contributed by atoms with van der Waals surface area (Å²) in [5.74, 6) is 0. The summed E-state index contributed by atoms with van der Waals surface area (Å²) in [6.45, 7) is 2.85. The highest BCUT2D eigenvalue weighted by Crippen LogP contribution is 1.97. The molecule has 0 bridgehead atoms. The lowest BCUT2D eigenvalue weighted by Crippen LogP contribution is -2.20. The molecule has 1 aromatic rings. The van der Waals surface area contributed by atoms with Crippen LogP contribution >= 0.6 is 0 Å². The molecule has 0 saturated heterocycles. The molecule has 1 aromatic carbocycles. The first-order valence-corrected chi connectivity index (χ1v) is 4.88. The third kappa shape index (κ3) is 4.65. The van der Waals surface area contributed by atoms with Gasteiger partial charge in [-0.3, -0.25) is 0 Å². The Hall–Kier alpha value is -0.860. The van der Waals surface area contributed by atoms with Gasteiger partial charge < -0.3 is 11.1 Å². The van der Waals surface area contributed by atoms with Crippen LogP contribution in [0.4, 0.5) is 0 Å². The number of nitrogens with one attached hydrogen (secondary N) is 1. The predicted octanol–water partition coefficient (Wildman–Crippen LogP) is 1.17. The molecule has 0 aliphatic heterocycles. The minimum atomic E-state index is 0.776. The quantitative estimate of drug-likeness (QED) is 0.642. The fraction of sp³-hybridized carbons (Fsp3) is 0.455. The molecule has 0 saturated carbocycles. The lowest BCUT2D eigenvalue weighted by atomic mass is 10.1. The van der Waals surface area contributed by atoms with E-state index in [0.717, 1.165) is 32.5 Å².